The zero-order valence-corrected chi connectivity index (χ0v) is 25.2. The lowest BCUT2D eigenvalue weighted by molar-refractivity contribution is 0.223. The van der Waals surface area contributed by atoms with E-state index in [-0.39, 0.29) is 23.3 Å². The first-order valence-corrected chi connectivity index (χ1v) is 14.9. The Kier molecular flexibility index (Phi) is 9.20. The Balaban J connectivity index is 2.09. The number of fused-ring (bicyclic) bond motifs is 1. The highest BCUT2D eigenvalue weighted by atomic mass is 32.2. The largest absolute Gasteiger partial charge is 0.488 e. The number of anilines is 1. The highest BCUT2D eigenvalue weighted by Gasteiger charge is 2.30. The van der Waals surface area contributed by atoms with Gasteiger partial charge in [0.2, 0.25) is 0 Å². The van der Waals surface area contributed by atoms with Crippen molar-refractivity contribution in [2.24, 2.45) is 0 Å². The first-order chi connectivity index (χ1) is 19.2. The lowest BCUT2D eigenvalue weighted by Crippen LogP contribution is -2.13. The van der Waals surface area contributed by atoms with E-state index in [1.165, 1.54) is 34.5 Å². The number of rotatable bonds is 9. The topological polar surface area (TPSA) is 92.1 Å². The third-order valence-corrected chi connectivity index (χ3v) is 8.62. The summed E-state index contributed by atoms with van der Waals surface area (Å²) in [5.74, 6) is 1.11. The Morgan fingerprint density at radius 3 is 1.68 bits per heavy atom. The fraction of sp³-hybridized carbons (Fsp3) is 0.273. The summed E-state index contributed by atoms with van der Waals surface area (Å²) in [6.07, 6.45) is -0.457. The molecule has 0 saturated heterocycles. The smallest absolute Gasteiger partial charge is 0.154 e. The molecule has 0 radical (unpaired) electrons. The van der Waals surface area contributed by atoms with Crippen LogP contribution in [0.25, 0.3) is 10.8 Å². The highest BCUT2D eigenvalue weighted by molar-refractivity contribution is 8.02. The van der Waals surface area contributed by atoms with Gasteiger partial charge < -0.3 is 15.2 Å². The molecular formula is C33H33N3O2S2. The summed E-state index contributed by atoms with van der Waals surface area (Å²) >= 11 is 2.94. The molecule has 0 unspecified atom stereocenters. The van der Waals surface area contributed by atoms with Crippen molar-refractivity contribution in [1.82, 2.24) is 0 Å². The van der Waals surface area contributed by atoms with Gasteiger partial charge in [0, 0.05) is 15.5 Å². The second kappa shape index (κ2) is 12.6. The lowest BCUT2D eigenvalue weighted by atomic mass is 9.96. The van der Waals surface area contributed by atoms with Crippen molar-refractivity contribution < 1.29 is 9.47 Å². The van der Waals surface area contributed by atoms with Gasteiger partial charge in [0.1, 0.15) is 23.3 Å². The molecule has 0 amide bonds. The van der Waals surface area contributed by atoms with E-state index < -0.39 is 0 Å². The summed E-state index contributed by atoms with van der Waals surface area (Å²) in [7, 11) is 0. The van der Waals surface area contributed by atoms with Crippen LogP contribution in [0, 0.1) is 22.7 Å². The maximum absolute atomic E-state index is 10.3. The monoisotopic (exact) mass is 567 g/mol. The van der Waals surface area contributed by atoms with E-state index in [0.717, 1.165) is 20.1 Å². The third-order valence-electron chi connectivity index (χ3n) is 6.13. The predicted octanol–water partition coefficient (Wildman–Crippen LogP) is 9.17. The van der Waals surface area contributed by atoms with E-state index in [4.69, 9.17) is 15.2 Å². The van der Waals surface area contributed by atoms with Crippen LogP contribution in [0.1, 0.15) is 64.2 Å². The molecule has 0 saturated carbocycles. The first-order valence-electron chi connectivity index (χ1n) is 13.3. The lowest BCUT2D eigenvalue weighted by Gasteiger charge is -2.24. The maximum Gasteiger partial charge on any atom is 0.154 e. The molecule has 0 spiro atoms. The average Bonchev–Trinajstić information content (AvgIpc) is 2.91. The zero-order chi connectivity index (χ0) is 29.0. The van der Waals surface area contributed by atoms with Crippen LogP contribution in [-0.4, -0.2) is 12.2 Å². The highest BCUT2D eigenvalue weighted by Crippen LogP contribution is 2.54. The minimum atomic E-state index is -0.230. The van der Waals surface area contributed by atoms with Gasteiger partial charge in [-0.25, -0.2) is 0 Å². The number of para-hydroxylation sites is 1. The SMILES string of the molecule is CC(C)Oc1c(C#N)c(C#N)c(OC(C)C)c(Sc2cccc3c(C(C)C)cccc23)c1Sc1ccccc1N. The predicted molar refractivity (Wildman–Crippen MR) is 165 cm³/mol. The third kappa shape index (κ3) is 6.02. The zero-order valence-electron chi connectivity index (χ0n) is 23.6. The van der Waals surface area contributed by atoms with E-state index in [0.29, 0.717) is 28.0 Å². The summed E-state index contributed by atoms with van der Waals surface area (Å²) < 4.78 is 12.6. The van der Waals surface area contributed by atoms with Gasteiger partial charge >= 0.3 is 0 Å². The number of benzene rings is 4. The van der Waals surface area contributed by atoms with Crippen molar-refractivity contribution in [2.45, 2.75) is 79.3 Å². The molecule has 7 heteroatoms. The van der Waals surface area contributed by atoms with E-state index in [1.807, 2.05) is 52.0 Å². The number of hydrogen-bond acceptors (Lipinski definition) is 7. The molecule has 0 heterocycles. The molecule has 0 fully saturated rings. The molecule has 4 aromatic carbocycles. The molecule has 4 aromatic rings. The van der Waals surface area contributed by atoms with Crippen molar-refractivity contribution in [2.75, 3.05) is 5.73 Å². The molecule has 0 aromatic heterocycles. The molecule has 0 aliphatic rings. The van der Waals surface area contributed by atoms with Crippen LogP contribution < -0.4 is 15.2 Å². The Labute approximate surface area is 245 Å². The van der Waals surface area contributed by atoms with Gasteiger partial charge in [0.05, 0.1) is 22.0 Å². The molecule has 0 aliphatic heterocycles. The number of nitriles is 2. The molecule has 0 aliphatic carbocycles. The van der Waals surface area contributed by atoms with E-state index in [1.54, 1.807) is 0 Å². The summed E-state index contributed by atoms with van der Waals surface area (Å²) in [6.45, 7) is 12.0. The van der Waals surface area contributed by atoms with Crippen LogP contribution in [-0.2, 0) is 0 Å². The summed E-state index contributed by atoms with van der Waals surface area (Å²) in [5, 5.41) is 22.9. The average molecular weight is 568 g/mol. The van der Waals surface area contributed by atoms with Gasteiger partial charge in [-0.05, 0) is 68.1 Å². The number of nitrogens with zero attached hydrogens (tertiary/aromatic N) is 2. The summed E-state index contributed by atoms with van der Waals surface area (Å²) in [5.41, 5.74) is 8.58. The van der Waals surface area contributed by atoms with Crippen molar-refractivity contribution in [3.8, 4) is 23.6 Å². The molecular weight excluding hydrogens is 535 g/mol. The first kappa shape index (κ1) is 29.2. The summed E-state index contributed by atoms with van der Waals surface area (Å²) in [4.78, 5) is 3.25. The van der Waals surface area contributed by atoms with Gasteiger partial charge in [-0.1, -0.05) is 79.8 Å². The van der Waals surface area contributed by atoms with E-state index >= 15 is 0 Å². The van der Waals surface area contributed by atoms with Gasteiger partial charge in [-0.15, -0.1) is 0 Å². The Hall–Kier alpha value is -3.78. The molecule has 2 N–H and O–H groups in total. The van der Waals surface area contributed by atoms with Crippen LogP contribution in [0.5, 0.6) is 11.5 Å². The second-order valence-corrected chi connectivity index (χ2v) is 12.3. The molecule has 4 rings (SSSR count). The number of ether oxygens (including phenoxy) is 2. The van der Waals surface area contributed by atoms with Crippen LogP contribution in [0.15, 0.2) is 80.2 Å². The maximum atomic E-state index is 10.3. The Morgan fingerprint density at radius 1 is 0.650 bits per heavy atom. The minimum absolute atomic E-state index is 0.160. The van der Waals surface area contributed by atoms with Crippen LogP contribution in [0.4, 0.5) is 5.69 Å². The number of hydrogen-bond donors (Lipinski definition) is 1. The van der Waals surface area contributed by atoms with E-state index in [9.17, 15) is 10.5 Å². The second-order valence-electron chi connectivity index (χ2n) is 10.2. The Morgan fingerprint density at radius 2 is 1.15 bits per heavy atom. The normalized spacial score (nSPS) is 11.2. The van der Waals surface area contributed by atoms with Crippen LogP contribution >= 0.6 is 23.5 Å². The van der Waals surface area contributed by atoms with Crippen molar-refractivity contribution in [1.29, 1.82) is 10.5 Å². The van der Waals surface area contributed by atoms with Gasteiger partial charge in [0.15, 0.2) is 11.5 Å². The molecule has 0 atom stereocenters. The standard InChI is InChI=1S/C33H33N3O2S2/c1-19(2)22-11-9-13-24-23(22)12-10-16-28(24)39-32-30(37-20(3)4)25(17-34)26(18-35)31(38-21(5)6)33(32)40-29-15-8-7-14-27(29)36/h7-16,19-21H,36H2,1-6H3. The quantitative estimate of drug-likeness (QED) is 0.202. The molecule has 40 heavy (non-hydrogen) atoms. The summed E-state index contributed by atoms with van der Waals surface area (Å²) in [6, 6.07) is 24.7. The molecule has 5 nitrogen and oxygen atoms in total. The fourth-order valence-electron chi connectivity index (χ4n) is 4.45. The molecule has 204 valence electrons. The van der Waals surface area contributed by atoms with Gasteiger partial charge in [0.25, 0.3) is 0 Å². The Bertz CT molecular complexity index is 1630. The number of nitrogens with two attached hydrogens (primary N) is 1. The van der Waals surface area contributed by atoms with Crippen LogP contribution in [0.3, 0.4) is 0 Å². The van der Waals surface area contributed by atoms with E-state index in [2.05, 4.69) is 62.4 Å². The van der Waals surface area contributed by atoms with Crippen molar-refractivity contribution in [3.05, 3.63) is 77.4 Å². The van der Waals surface area contributed by atoms with Crippen LogP contribution in [0.2, 0.25) is 0 Å². The number of nitrogen functional groups attached to an aromatic ring is 1. The van der Waals surface area contributed by atoms with Crippen molar-refractivity contribution >= 4 is 40.0 Å². The fourth-order valence-corrected chi connectivity index (χ4v) is 6.76. The van der Waals surface area contributed by atoms with Gasteiger partial charge in [-0.2, -0.15) is 10.5 Å². The minimum Gasteiger partial charge on any atom is -0.488 e. The molecule has 0 bridgehead atoms. The van der Waals surface area contributed by atoms with Gasteiger partial charge in [-0.3, -0.25) is 0 Å². The van der Waals surface area contributed by atoms with Crippen molar-refractivity contribution in [3.63, 3.8) is 0 Å².